The molecule has 0 aromatic carbocycles. The molecule has 0 radical (unpaired) electrons. The third-order valence-electron chi connectivity index (χ3n) is 0.993. The Labute approximate surface area is 64.5 Å². The molecule has 0 unspecified atom stereocenters. The van der Waals surface area contributed by atoms with Crippen LogP contribution in [0, 0.1) is 0 Å². The fourth-order valence-electron chi connectivity index (χ4n) is 0.532. The van der Waals surface area contributed by atoms with E-state index in [1.807, 2.05) is 12.1 Å². The maximum absolute atomic E-state index is 5.52. The minimum Gasteiger partial charge on any atom is -0.259 e. The van der Waals surface area contributed by atoms with Crippen LogP contribution in [0.5, 0.6) is 0 Å². The Hall–Kier alpha value is -0.210. The SMILES string of the molecule is Sc1cccnc1CCl. The molecule has 3 heteroatoms. The number of rotatable bonds is 1. The molecule has 0 atom stereocenters. The monoisotopic (exact) mass is 159 g/mol. The summed E-state index contributed by atoms with van der Waals surface area (Å²) in [6.45, 7) is 0. The quantitative estimate of drug-likeness (QED) is 0.489. The van der Waals surface area contributed by atoms with Crippen LogP contribution in [0.25, 0.3) is 0 Å². The first-order chi connectivity index (χ1) is 4.34. The van der Waals surface area contributed by atoms with Crippen molar-refractivity contribution in [2.75, 3.05) is 0 Å². The Morgan fingerprint density at radius 3 is 2.89 bits per heavy atom. The van der Waals surface area contributed by atoms with E-state index < -0.39 is 0 Å². The van der Waals surface area contributed by atoms with Crippen LogP contribution in [0.2, 0.25) is 0 Å². The van der Waals surface area contributed by atoms with Crippen molar-refractivity contribution in [3.63, 3.8) is 0 Å². The van der Waals surface area contributed by atoms with Gasteiger partial charge in [0.05, 0.1) is 11.6 Å². The molecule has 1 aromatic rings. The third-order valence-corrected chi connectivity index (χ3v) is 1.65. The van der Waals surface area contributed by atoms with Crippen molar-refractivity contribution in [3.8, 4) is 0 Å². The van der Waals surface area contributed by atoms with E-state index in [2.05, 4.69) is 17.6 Å². The Morgan fingerprint density at radius 2 is 2.44 bits per heavy atom. The topological polar surface area (TPSA) is 12.9 Å². The van der Waals surface area contributed by atoms with Gasteiger partial charge in [-0.05, 0) is 12.1 Å². The second kappa shape index (κ2) is 3.08. The van der Waals surface area contributed by atoms with E-state index in [-0.39, 0.29) is 0 Å². The van der Waals surface area contributed by atoms with Crippen molar-refractivity contribution in [2.24, 2.45) is 0 Å². The molecule has 0 aliphatic carbocycles. The molecule has 1 nitrogen and oxygen atoms in total. The minimum atomic E-state index is 0.430. The lowest BCUT2D eigenvalue weighted by Crippen LogP contribution is -1.84. The van der Waals surface area contributed by atoms with Gasteiger partial charge in [-0.25, -0.2) is 0 Å². The molecule has 0 aliphatic rings. The van der Waals surface area contributed by atoms with Gasteiger partial charge in [0.1, 0.15) is 0 Å². The van der Waals surface area contributed by atoms with Gasteiger partial charge in [-0.15, -0.1) is 24.2 Å². The number of aromatic nitrogens is 1. The van der Waals surface area contributed by atoms with Gasteiger partial charge in [0, 0.05) is 11.1 Å². The predicted octanol–water partition coefficient (Wildman–Crippen LogP) is 2.11. The first kappa shape index (κ1) is 6.90. The summed E-state index contributed by atoms with van der Waals surface area (Å²) in [5, 5.41) is 0. The molecule has 1 aromatic heterocycles. The van der Waals surface area contributed by atoms with E-state index in [9.17, 15) is 0 Å². The van der Waals surface area contributed by atoms with Gasteiger partial charge in [-0.1, -0.05) is 0 Å². The van der Waals surface area contributed by atoms with Crippen LogP contribution in [0.3, 0.4) is 0 Å². The van der Waals surface area contributed by atoms with Gasteiger partial charge >= 0.3 is 0 Å². The average molecular weight is 160 g/mol. The molecule has 0 bridgehead atoms. The highest BCUT2D eigenvalue weighted by atomic mass is 35.5. The Balaban J connectivity index is 3.01. The minimum absolute atomic E-state index is 0.430. The second-order valence-corrected chi connectivity index (χ2v) is 2.35. The standard InChI is InChI=1S/C6H6ClNS/c7-4-5-6(9)2-1-3-8-5/h1-3,9H,4H2. The zero-order valence-corrected chi connectivity index (χ0v) is 6.36. The molecule has 0 N–H and O–H groups in total. The van der Waals surface area contributed by atoms with E-state index in [0.717, 1.165) is 10.6 Å². The molecule has 0 spiro atoms. The van der Waals surface area contributed by atoms with E-state index >= 15 is 0 Å². The first-order valence-electron chi connectivity index (χ1n) is 2.53. The summed E-state index contributed by atoms with van der Waals surface area (Å²) < 4.78 is 0. The predicted molar refractivity (Wildman–Crippen MR) is 41.0 cm³/mol. The van der Waals surface area contributed by atoms with E-state index in [1.54, 1.807) is 6.20 Å². The van der Waals surface area contributed by atoms with Crippen LogP contribution in [-0.2, 0) is 5.88 Å². The Morgan fingerprint density at radius 1 is 1.67 bits per heavy atom. The van der Waals surface area contributed by atoms with Gasteiger partial charge in [0.15, 0.2) is 0 Å². The number of nitrogens with zero attached hydrogens (tertiary/aromatic N) is 1. The summed E-state index contributed by atoms with van der Waals surface area (Å²) in [5.41, 5.74) is 0.836. The molecule has 0 amide bonds. The summed E-state index contributed by atoms with van der Waals surface area (Å²) in [6, 6.07) is 3.70. The summed E-state index contributed by atoms with van der Waals surface area (Å²) in [5.74, 6) is 0.430. The smallest absolute Gasteiger partial charge is 0.0684 e. The Kier molecular flexibility index (Phi) is 2.37. The van der Waals surface area contributed by atoms with Crippen LogP contribution >= 0.6 is 24.2 Å². The number of thiol groups is 1. The first-order valence-corrected chi connectivity index (χ1v) is 3.51. The van der Waals surface area contributed by atoms with Crippen molar-refractivity contribution in [1.82, 2.24) is 4.98 Å². The fraction of sp³-hybridized carbons (Fsp3) is 0.167. The van der Waals surface area contributed by atoms with Crippen LogP contribution in [-0.4, -0.2) is 4.98 Å². The highest BCUT2D eigenvalue weighted by molar-refractivity contribution is 7.80. The average Bonchev–Trinajstić information content (AvgIpc) is 1.89. The maximum Gasteiger partial charge on any atom is 0.0684 e. The van der Waals surface area contributed by atoms with Crippen molar-refractivity contribution in [2.45, 2.75) is 10.8 Å². The summed E-state index contributed by atoms with van der Waals surface area (Å²) in [7, 11) is 0. The van der Waals surface area contributed by atoms with E-state index in [1.165, 1.54) is 0 Å². The zero-order valence-electron chi connectivity index (χ0n) is 4.71. The van der Waals surface area contributed by atoms with Gasteiger partial charge in [0.25, 0.3) is 0 Å². The lowest BCUT2D eigenvalue weighted by Gasteiger charge is -1.95. The molecule has 1 rings (SSSR count). The Bertz CT molecular complexity index is 202. The fourth-order valence-corrected chi connectivity index (χ4v) is 1.06. The summed E-state index contributed by atoms with van der Waals surface area (Å²) >= 11 is 9.65. The van der Waals surface area contributed by atoms with Gasteiger partial charge in [-0.2, -0.15) is 0 Å². The van der Waals surface area contributed by atoms with Crippen molar-refractivity contribution in [3.05, 3.63) is 24.0 Å². The summed E-state index contributed by atoms with van der Waals surface area (Å²) in [4.78, 5) is 4.84. The normalized spacial score (nSPS) is 9.56. The molecule has 9 heavy (non-hydrogen) atoms. The molecule has 0 fully saturated rings. The van der Waals surface area contributed by atoms with Gasteiger partial charge < -0.3 is 0 Å². The zero-order chi connectivity index (χ0) is 6.69. The highest BCUT2D eigenvalue weighted by Gasteiger charge is 1.93. The van der Waals surface area contributed by atoms with Crippen molar-refractivity contribution in [1.29, 1.82) is 0 Å². The number of hydrogen-bond acceptors (Lipinski definition) is 2. The lowest BCUT2D eigenvalue weighted by atomic mass is 10.4. The molecular formula is C6H6ClNS. The van der Waals surface area contributed by atoms with Crippen LogP contribution in [0.15, 0.2) is 23.2 Å². The maximum atomic E-state index is 5.52. The van der Waals surface area contributed by atoms with Gasteiger partial charge in [0.2, 0.25) is 0 Å². The summed E-state index contributed by atoms with van der Waals surface area (Å²) in [6.07, 6.45) is 1.71. The second-order valence-electron chi connectivity index (χ2n) is 1.60. The third kappa shape index (κ3) is 1.60. The molecule has 1 heterocycles. The number of hydrogen-bond donors (Lipinski definition) is 1. The molecular weight excluding hydrogens is 154 g/mol. The van der Waals surface area contributed by atoms with E-state index in [0.29, 0.717) is 5.88 Å². The lowest BCUT2D eigenvalue weighted by molar-refractivity contribution is 1.09. The van der Waals surface area contributed by atoms with Gasteiger partial charge in [-0.3, -0.25) is 4.98 Å². The molecule has 0 aliphatic heterocycles. The van der Waals surface area contributed by atoms with Crippen LogP contribution in [0.1, 0.15) is 5.69 Å². The van der Waals surface area contributed by atoms with Crippen LogP contribution in [0.4, 0.5) is 0 Å². The number of pyridine rings is 1. The molecule has 0 saturated carbocycles. The number of halogens is 1. The molecule has 48 valence electrons. The highest BCUT2D eigenvalue weighted by Crippen LogP contribution is 2.11. The van der Waals surface area contributed by atoms with Crippen molar-refractivity contribution < 1.29 is 0 Å². The number of alkyl halides is 1. The molecule has 0 saturated heterocycles. The van der Waals surface area contributed by atoms with E-state index in [4.69, 9.17) is 11.6 Å². The van der Waals surface area contributed by atoms with Crippen LogP contribution < -0.4 is 0 Å². The van der Waals surface area contributed by atoms with Crippen molar-refractivity contribution >= 4 is 24.2 Å². The largest absolute Gasteiger partial charge is 0.259 e.